The van der Waals surface area contributed by atoms with Crippen molar-refractivity contribution < 1.29 is 0 Å². The van der Waals surface area contributed by atoms with E-state index in [9.17, 15) is 0 Å². The van der Waals surface area contributed by atoms with E-state index in [4.69, 9.17) is 5.73 Å². The average molecular weight is 303 g/mol. The lowest BCUT2D eigenvalue weighted by atomic mass is 10.1. The standard InChI is InChI=1S/C15H21N5S/c1-10-5-6-12(7-11(10)2)18-14(16)17-8-13-9-21-15(19-13)20(3)4/h5-7,9H,8H2,1-4H3,(H3,16,17,18). The molecule has 0 bridgehead atoms. The summed E-state index contributed by atoms with van der Waals surface area (Å²) in [7, 11) is 3.95. The summed E-state index contributed by atoms with van der Waals surface area (Å²) in [5, 5.41) is 6.08. The van der Waals surface area contributed by atoms with Crippen LogP contribution < -0.4 is 16.0 Å². The van der Waals surface area contributed by atoms with E-state index >= 15 is 0 Å². The molecule has 0 atom stereocenters. The van der Waals surface area contributed by atoms with Gasteiger partial charge in [0.2, 0.25) is 0 Å². The maximum absolute atomic E-state index is 5.91. The smallest absolute Gasteiger partial charge is 0.193 e. The fraction of sp³-hybridized carbons (Fsp3) is 0.333. The molecule has 0 aliphatic carbocycles. The molecule has 2 rings (SSSR count). The fourth-order valence-electron chi connectivity index (χ4n) is 1.75. The molecule has 1 heterocycles. The second-order valence-electron chi connectivity index (χ2n) is 5.14. The first kappa shape index (κ1) is 15.3. The van der Waals surface area contributed by atoms with Gasteiger partial charge in [0, 0.05) is 25.2 Å². The van der Waals surface area contributed by atoms with Crippen LogP contribution in [0.3, 0.4) is 0 Å². The topological polar surface area (TPSA) is 66.5 Å². The van der Waals surface area contributed by atoms with Gasteiger partial charge in [-0.05, 0) is 37.1 Å². The number of aliphatic imine (C=N–C) groups is 1. The molecule has 0 spiro atoms. The molecule has 1 aromatic heterocycles. The first-order chi connectivity index (χ1) is 9.95. The molecule has 112 valence electrons. The minimum absolute atomic E-state index is 0.401. The molecule has 5 nitrogen and oxygen atoms in total. The molecule has 6 heteroatoms. The van der Waals surface area contributed by atoms with Crippen LogP contribution in [-0.4, -0.2) is 25.0 Å². The maximum atomic E-state index is 5.91. The third kappa shape index (κ3) is 4.19. The molecular weight excluding hydrogens is 282 g/mol. The van der Waals surface area contributed by atoms with Crippen LogP contribution in [0.15, 0.2) is 28.6 Å². The maximum Gasteiger partial charge on any atom is 0.193 e. The Morgan fingerprint density at radius 3 is 2.71 bits per heavy atom. The number of anilines is 2. The molecule has 0 radical (unpaired) electrons. The molecule has 0 fully saturated rings. The molecule has 0 aliphatic heterocycles. The SMILES string of the molecule is Cc1ccc(NC(N)=NCc2csc(N(C)C)n2)cc1C. The van der Waals surface area contributed by atoms with E-state index in [-0.39, 0.29) is 0 Å². The predicted octanol–water partition coefficient (Wildman–Crippen LogP) is 2.75. The molecule has 0 aliphatic rings. The number of nitrogens with one attached hydrogen (secondary N) is 1. The van der Waals surface area contributed by atoms with Gasteiger partial charge in [0.05, 0.1) is 12.2 Å². The van der Waals surface area contributed by atoms with Gasteiger partial charge in [-0.1, -0.05) is 6.07 Å². The third-order valence-electron chi connectivity index (χ3n) is 3.11. The van der Waals surface area contributed by atoms with E-state index in [0.717, 1.165) is 16.5 Å². The number of hydrogen-bond acceptors (Lipinski definition) is 4. The van der Waals surface area contributed by atoms with Crippen LogP contribution in [0, 0.1) is 13.8 Å². The highest BCUT2D eigenvalue weighted by molar-refractivity contribution is 7.13. The van der Waals surface area contributed by atoms with E-state index in [1.54, 1.807) is 11.3 Å². The lowest BCUT2D eigenvalue weighted by Crippen LogP contribution is -2.22. The summed E-state index contributed by atoms with van der Waals surface area (Å²) in [5.74, 6) is 0.401. The van der Waals surface area contributed by atoms with Crippen LogP contribution >= 0.6 is 11.3 Å². The Bertz CT molecular complexity index is 645. The number of nitrogens with two attached hydrogens (primary N) is 1. The summed E-state index contributed by atoms with van der Waals surface area (Å²) in [6.07, 6.45) is 0. The third-order valence-corrected chi connectivity index (χ3v) is 4.17. The number of rotatable bonds is 4. The number of thiazole rings is 1. The summed E-state index contributed by atoms with van der Waals surface area (Å²) < 4.78 is 0. The first-order valence-corrected chi connectivity index (χ1v) is 7.59. The molecule has 21 heavy (non-hydrogen) atoms. The zero-order valence-electron chi connectivity index (χ0n) is 12.8. The second kappa shape index (κ2) is 6.58. The van der Waals surface area contributed by atoms with Crippen molar-refractivity contribution in [2.75, 3.05) is 24.3 Å². The lowest BCUT2D eigenvalue weighted by molar-refractivity contribution is 0.986. The predicted molar refractivity (Wildman–Crippen MR) is 91.3 cm³/mol. The molecular formula is C15H21N5S. The van der Waals surface area contributed by atoms with Crippen LogP contribution in [0.25, 0.3) is 0 Å². The molecule has 1 aromatic carbocycles. The van der Waals surface area contributed by atoms with Crippen molar-refractivity contribution in [2.45, 2.75) is 20.4 Å². The summed E-state index contributed by atoms with van der Waals surface area (Å²) >= 11 is 1.60. The van der Waals surface area contributed by atoms with Gasteiger partial charge in [-0.2, -0.15) is 0 Å². The summed E-state index contributed by atoms with van der Waals surface area (Å²) in [4.78, 5) is 10.8. The normalized spacial score (nSPS) is 11.5. The molecule has 0 saturated heterocycles. The van der Waals surface area contributed by atoms with Crippen molar-refractivity contribution in [3.8, 4) is 0 Å². The zero-order chi connectivity index (χ0) is 15.4. The van der Waals surface area contributed by atoms with Crippen molar-refractivity contribution in [1.29, 1.82) is 0 Å². The van der Waals surface area contributed by atoms with Gasteiger partial charge >= 0.3 is 0 Å². The van der Waals surface area contributed by atoms with Crippen LogP contribution in [0.2, 0.25) is 0 Å². The van der Waals surface area contributed by atoms with Gasteiger partial charge in [-0.3, -0.25) is 0 Å². The minimum Gasteiger partial charge on any atom is -0.370 e. The van der Waals surface area contributed by atoms with E-state index in [0.29, 0.717) is 12.5 Å². The Morgan fingerprint density at radius 1 is 1.33 bits per heavy atom. The Morgan fingerprint density at radius 2 is 2.10 bits per heavy atom. The number of guanidine groups is 1. The van der Waals surface area contributed by atoms with E-state index in [1.165, 1.54) is 11.1 Å². The van der Waals surface area contributed by atoms with Crippen LogP contribution in [0.4, 0.5) is 10.8 Å². The van der Waals surface area contributed by atoms with E-state index in [2.05, 4.69) is 41.3 Å². The van der Waals surface area contributed by atoms with Gasteiger partial charge in [0.1, 0.15) is 0 Å². The monoisotopic (exact) mass is 303 g/mol. The summed E-state index contributed by atoms with van der Waals surface area (Å²) in [6, 6.07) is 6.12. The molecule has 3 N–H and O–H groups in total. The summed E-state index contributed by atoms with van der Waals surface area (Å²) in [6.45, 7) is 4.64. The fourth-order valence-corrected chi connectivity index (χ4v) is 2.50. The van der Waals surface area contributed by atoms with Crippen molar-refractivity contribution >= 4 is 28.1 Å². The highest BCUT2D eigenvalue weighted by Gasteiger charge is 2.03. The quantitative estimate of drug-likeness (QED) is 0.673. The van der Waals surface area contributed by atoms with Crippen LogP contribution in [0.5, 0.6) is 0 Å². The van der Waals surface area contributed by atoms with Crippen LogP contribution in [0.1, 0.15) is 16.8 Å². The number of aryl methyl sites for hydroxylation is 2. The minimum atomic E-state index is 0.401. The Balaban J connectivity index is 1.98. The Labute approximate surface area is 129 Å². The van der Waals surface area contributed by atoms with Crippen molar-refractivity contribution in [3.05, 3.63) is 40.4 Å². The second-order valence-corrected chi connectivity index (χ2v) is 5.98. The highest BCUT2D eigenvalue weighted by Crippen LogP contribution is 2.18. The number of hydrogen-bond donors (Lipinski definition) is 2. The Kier molecular flexibility index (Phi) is 4.80. The highest BCUT2D eigenvalue weighted by atomic mass is 32.1. The van der Waals surface area contributed by atoms with Crippen molar-refractivity contribution in [2.24, 2.45) is 10.7 Å². The molecule has 0 amide bonds. The van der Waals surface area contributed by atoms with Crippen molar-refractivity contribution in [1.82, 2.24) is 4.98 Å². The van der Waals surface area contributed by atoms with Crippen molar-refractivity contribution in [3.63, 3.8) is 0 Å². The lowest BCUT2D eigenvalue weighted by Gasteiger charge is -2.08. The van der Waals surface area contributed by atoms with Gasteiger partial charge in [0.25, 0.3) is 0 Å². The molecule has 0 saturated carbocycles. The Hall–Kier alpha value is -2.08. The number of benzene rings is 1. The van der Waals surface area contributed by atoms with E-state index in [1.807, 2.05) is 30.4 Å². The van der Waals surface area contributed by atoms with Gasteiger partial charge in [-0.15, -0.1) is 11.3 Å². The zero-order valence-corrected chi connectivity index (χ0v) is 13.7. The average Bonchev–Trinajstić information content (AvgIpc) is 2.90. The molecule has 2 aromatic rings. The van der Waals surface area contributed by atoms with Gasteiger partial charge in [0.15, 0.2) is 11.1 Å². The van der Waals surface area contributed by atoms with Crippen LogP contribution in [-0.2, 0) is 6.54 Å². The molecule has 0 unspecified atom stereocenters. The van der Waals surface area contributed by atoms with E-state index < -0.39 is 0 Å². The van der Waals surface area contributed by atoms with Gasteiger partial charge in [-0.25, -0.2) is 9.98 Å². The number of nitrogens with zero attached hydrogens (tertiary/aromatic N) is 3. The largest absolute Gasteiger partial charge is 0.370 e. The van der Waals surface area contributed by atoms with Gasteiger partial charge < -0.3 is 16.0 Å². The number of aromatic nitrogens is 1. The first-order valence-electron chi connectivity index (χ1n) is 6.71. The summed E-state index contributed by atoms with van der Waals surface area (Å²) in [5.41, 5.74) is 10.3.